The lowest BCUT2D eigenvalue weighted by atomic mass is 10.2. The summed E-state index contributed by atoms with van der Waals surface area (Å²) in [4.78, 5) is 15.9. The summed E-state index contributed by atoms with van der Waals surface area (Å²) >= 11 is 9.91. The fourth-order valence-corrected chi connectivity index (χ4v) is 4.86. The average Bonchev–Trinajstić information content (AvgIpc) is 3.35. The van der Waals surface area contributed by atoms with Crippen LogP contribution in [0, 0.1) is 0 Å². The van der Waals surface area contributed by atoms with Crippen LogP contribution in [0.25, 0.3) is 16.3 Å². The molecule has 130 valence electrons. The van der Waals surface area contributed by atoms with Crippen LogP contribution in [0.15, 0.2) is 50.6 Å². The summed E-state index contributed by atoms with van der Waals surface area (Å²) in [6.07, 6.45) is 0. The summed E-state index contributed by atoms with van der Waals surface area (Å²) in [6.45, 7) is 0. The second-order valence-corrected chi connectivity index (χ2v) is 8.33. The van der Waals surface area contributed by atoms with E-state index in [-0.39, 0.29) is 5.56 Å². The molecule has 0 fully saturated rings. The summed E-state index contributed by atoms with van der Waals surface area (Å²) < 4.78 is 2.17. The Balaban J connectivity index is 1.62. The highest BCUT2D eigenvalue weighted by Crippen LogP contribution is 2.34. The van der Waals surface area contributed by atoms with Crippen molar-refractivity contribution in [2.24, 2.45) is 0 Å². The van der Waals surface area contributed by atoms with Crippen molar-refractivity contribution >= 4 is 52.0 Å². The number of hydrogen-bond acceptors (Lipinski definition) is 8. The van der Waals surface area contributed by atoms with Crippen molar-refractivity contribution in [2.75, 3.05) is 0 Å². The molecule has 3 heterocycles. The van der Waals surface area contributed by atoms with E-state index in [1.54, 1.807) is 5.38 Å². The van der Waals surface area contributed by atoms with E-state index in [1.807, 2.05) is 29.6 Å². The molecule has 0 saturated carbocycles. The predicted octanol–water partition coefficient (Wildman–Crippen LogP) is 4.35. The number of aromatic nitrogens is 5. The Morgan fingerprint density at radius 2 is 2.00 bits per heavy atom. The van der Waals surface area contributed by atoms with Crippen molar-refractivity contribution in [1.29, 1.82) is 0 Å². The van der Waals surface area contributed by atoms with Crippen molar-refractivity contribution in [1.82, 2.24) is 25.2 Å². The van der Waals surface area contributed by atoms with Gasteiger partial charge in [0.25, 0.3) is 0 Å². The van der Waals surface area contributed by atoms with E-state index in [4.69, 9.17) is 11.6 Å². The molecule has 0 unspecified atom stereocenters. The van der Waals surface area contributed by atoms with Crippen LogP contribution in [0.3, 0.4) is 0 Å². The minimum Gasteiger partial charge on any atom is -0.478 e. The number of aromatic carboxylic acids is 1. The van der Waals surface area contributed by atoms with Gasteiger partial charge in [0, 0.05) is 16.0 Å². The van der Waals surface area contributed by atoms with Crippen molar-refractivity contribution in [3.05, 3.63) is 51.7 Å². The minimum absolute atomic E-state index is 0.158. The Bertz CT molecular complexity index is 1070. The molecule has 1 aromatic carbocycles. The number of tetrazole rings is 1. The van der Waals surface area contributed by atoms with Gasteiger partial charge in [-0.15, -0.1) is 27.8 Å². The number of halogens is 1. The summed E-state index contributed by atoms with van der Waals surface area (Å²) in [5, 5.41) is 26.1. The molecule has 0 saturated heterocycles. The van der Waals surface area contributed by atoms with Gasteiger partial charge in [0.1, 0.15) is 5.00 Å². The number of rotatable bonds is 5. The lowest BCUT2D eigenvalue weighted by Gasteiger charge is -2.01. The number of carboxylic acid groups (broad SMARTS) is 1. The van der Waals surface area contributed by atoms with E-state index < -0.39 is 5.97 Å². The smallest absolute Gasteiger partial charge is 0.338 e. The molecule has 0 aliphatic heterocycles. The van der Waals surface area contributed by atoms with E-state index in [0.29, 0.717) is 15.2 Å². The van der Waals surface area contributed by atoms with Crippen LogP contribution in [-0.2, 0) is 0 Å². The number of carbonyl (C=O) groups is 1. The third-order valence-corrected chi connectivity index (χ3v) is 6.33. The van der Waals surface area contributed by atoms with Crippen LogP contribution >= 0.6 is 46.0 Å². The van der Waals surface area contributed by atoms with Gasteiger partial charge < -0.3 is 5.11 Å². The van der Waals surface area contributed by atoms with E-state index in [0.717, 1.165) is 15.6 Å². The summed E-state index contributed by atoms with van der Waals surface area (Å²) in [7, 11) is 0. The molecular formula is C15H8ClN5O2S3. The van der Waals surface area contributed by atoms with Crippen molar-refractivity contribution in [3.63, 3.8) is 0 Å². The predicted molar refractivity (Wildman–Crippen MR) is 101 cm³/mol. The van der Waals surface area contributed by atoms with Crippen LogP contribution in [-0.4, -0.2) is 36.3 Å². The SMILES string of the molecule is O=C(O)c1ccsc1-n1nnnc1Sc1nc(-c2ccc(Cl)cc2)cs1. The van der Waals surface area contributed by atoms with Crippen LogP contribution in [0.1, 0.15) is 10.4 Å². The molecule has 4 rings (SSSR count). The average molecular weight is 422 g/mol. The van der Waals surface area contributed by atoms with Gasteiger partial charge in [0.15, 0.2) is 4.34 Å². The molecule has 0 aliphatic rings. The Hall–Kier alpha value is -2.27. The number of benzene rings is 1. The zero-order valence-corrected chi connectivity index (χ0v) is 15.9. The molecule has 4 aromatic rings. The van der Waals surface area contributed by atoms with Gasteiger partial charge in [-0.2, -0.15) is 4.68 Å². The van der Waals surface area contributed by atoms with Crippen LogP contribution in [0.5, 0.6) is 0 Å². The lowest BCUT2D eigenvalue weighted by molar-refractivity contribution is 0.0697. The second kappa shape index (κ2) is 7.16. The molecular weight excluding hydrogens is 414 g/mol. The molecule has 7 nitrogen and oxygen atoms in total. The third kappa shape index (κ3) is 3.36. The Morgan fingerprint density at radius 1 is 1.19 bits per heavy atom. The molecule has 0 radical (unpaired) electrons. The first-order valence-electron chi connectivity index (χ1n) is 7.10. The molecule has 0 atom stereocenters. The van der Waals surface area contributed by atoms with Gasteiger partial charge in [-0.1, -0.05) is 23.7 Å². The topological polar surface area (TPSA) is 93.8 Å². The summed E-state index contributed by atoms with van der Waals surface area (Å²) in [5.74, 6) is -1.02. The highest BCUT2D eigenvalue weighted by Gasteiger charge is 2.19. The second-order valence-electron chi connectivity index (χ2n) is 4.93. The Morgan fingerprint density at radius 3 is 2.77 bits per heavy atom. The normalized spacial score (nSPS) is 11.0. The summed E-state index contributed by atoms with van der Waals surface area (Å²) in [6, 6.07) is 8.96. The largest absolute Gasteiger partial charge is 0.478 e. The fourth-order valence-electron chi connectivity index (χ4n) is 2.13. The maximum atomic E-state index is 11.3. The zero-order chi connectivity index (χ0) is 18.1. The highest BCUT2D eigenvalue weighted by molar-refractivity contribution is 8.00. The first kappa shape index (κ1) is 17.2. The number of thiazole rings is 1. The fraction of sp³-hybridized carbons (Fsp3) is 0. The molecule has 0 amide bonds. The maximum Gasteiger partial charge on any atom is 0.338 e. The van der Waals surface area contributed by atoms with E-state index in [9.17, 15) is 9.90 Å². The standard InChI is InChI=1S/C15H8ClN5O2S3/c16-9-3-1-8(2-4-9)11-7-25-15(17-11)26-14-18-19-20-21(14)12-10(13(22)23)5-6-24-12/h1-7H,(H,22,23). The van der Waals surface area contributed by atoms with E-state index in [1.165, 1.54) is 45.2 Å². The van der Waals surface area contributed by atoms with Gasteiger partial charge in [-0.05, 0) is 45.8 Å². The van der Waals surface area contributed by atoms with Gasteiger partial charge in [-0.3, -0.25) is 0 Å². The van der Waals surface area contributed by atoms with Gasteiger partial charge in [0.05, 0.1) is 11.3 Å². The third-order valence-electron chi connectivity index (χ3n) is 3.31. The van der Waals surface area contributed by atoms with Crippen molar-refractivity contribution in [2.45, 2.75) is 9.50 Å². The monoisotopic (exact) mass is 421 g/mol. The minimum atomic E-state index is -1.02. The quantitative estimate of drug-likeness (QED) is 0.511. The molecule has 3 aromatic heterocycles. The number of nitrogens with zero attached hydrogens (tertiary/aromatic N) is 5. The molecule has 0 spiro atoms. The van der Waals surface area contributed by atoms with E-state index in [2.05, 4.69) is 20.5 Å². The van der Waals surface area contributed by atoms with Crippen molar-refractivity contribution in [3.8, 4) is 16.3 Å². The Kier molecular flexibility index (Phi) is 4.72. The number of carboxylic acids is 1. The first-order valence-corrected chi connectivity index (χ1v) is 10.1. The van der Waals surface area contributed by atoms with Gasteiger partial charge in [0.2, 0.25) is 5.16 Å². The first-order chi connectivity index (χ1) is 12.6. The van der Waals surface area contributed by atoms with Crippen LogP contribution in [0.2, 0.25) is 5.02 Å². The molecule has 11 heteroatoms. The molecule has 1 N–H and O–H groups in total. The van der Waals surface area contributed by atoms with Crippen LogP contribution < -0.4 is 0 Å². The maximum absolute atomic E-state index is 11.3. The number of hydrogen-bond donors (Lipinski definition) is 1. The van der Waals surface area contributed by atoms with Crippen molar-refractivity contribution < 1.29 is 9.90 Å². The number of thiophene rings is 1. The van der Waals surface area contributed by atoms with E-state index >= 15 is 0 Å². The highest BCUT2D eigenvalue weighted by atomic mass is 35.5. The van der Waals surface area contributed by atoms with Gasteiger partial charge >= 0.3 is 5.97 Å². The molecule has 26 heavy (non-hydrogen) atoms. The Labute approximate surface area is 164 Å². The zero-order valence-electron chi connectivity index (χ0n) is 12.7. The van der Waals surface area contributed by atoms with Crippen LogP contribution in [0.4, 0.5) is 0 Å². The molecule has 0 bridgehead atoms. The molecule has 0 aliphatic carbocycles. The summed E-state index contributed by atoms with van der Waals surface area (Å²) in [5.41, 5.74) is 1.95. The lowest BCUT2D eigenvalue weighted by Crippen LogP contribution is -2.04. The van der Waals surface area contributed by atoms with Gasteiger partial charge in [-0.25, -0.2) is 9.78 Å².